The summed E-state index contributed by atoms with van der Waals surface area (Å²) in [6.45, 7) is 5.43. The van der Waals surface area contributed by atoms with Crippen LogP contribution in [0.2, 0.25) is 0 Å². The third-order valence-electron chi connectivity index (χ3n) is 4.13. The fourth-order valence-corrected chi connectivity index (χ4v) is 2.66. The highest BCUT2D eigenvalue weighted by Crippen LogP contribution is 2.29. The van der Waals surface area contributed by atoms with Gasteiger partial charge in [-0.1, -0.05) is 56.3 Å². The van der Waals surface area contributed by atoms with E-state index in [1.54, 1.807) is 12.2 Å². The molecule has 0 aromatic heterocycles. The number of ether oxygens (including phenoxy) is 1. The smallest absolute Gasteiger partial charge is 0.343 e. The third kappa shape index (κ3) is 4.45. The van der Waals surface area contributed by atoms with Crippen molar-refractivity contribution >= 4 is 11.9 Å². The Morgan fingerprint density at radius 1 is 1.28 bits per heavy atom. The molecule has 0 amide bonds. The first kappa shape index (κ1) is 18.7. The second kappa shape index (κ2) is 7.94. The monoisotopic (exact) mass is 342 g/mol. The molecule has 0 fully saturated rings. The number of hydrogen-bond acceptors (Lipinski definition) is 4. The predicted octanol–water partition coefficient (Wildman–Crippen LogP) is 3.28. The maximum Gasteiger partial charge on any atom is 0.343 e. The topological polar surface area (TPSA) is 83.8 Å². The Hall–Kier alpha value is -2.66. The summed E-state index contributed by atoms with van der Waals surface area (Å²) in [5, 5.41) is 18.9. The van der Waals surface area contributed by atoms with Gasteiger partial charge in [-0.25, -0.2) is 9.59 Å². The van der Waals surface area contributed by atoms with Crippen molar-refractivity contribution in [3.8, 4) is 0 Å². The van der Waals surface area contributed by atoms with Crippen LogP contribution in [0.5, 0.6) is 0 Å². The van der Waals surface area contributed by atoms with Crippen molar-refractivity contribution in [3.05, 3.63) is 72.4 Å². The molecule has 25 heavy (non-hydrogen) atoms. The second-order valence-electron chi connectivity index (χ2n) is 5.96. The van der Waals surface area contributed by atoms with E-state index < -0.39 is 17.5 Å². The molecule has 0 saturated heterocycles. The molecule has 1 aromatic carbocycles. The van der Waals surface area contributed by atoms with Gasteiger partial charge in [0.15, 0.2) is 5.60 Å². The van der Waals surface area contributed by atoms with Crippen molar-refractivity contribution in [1.29, 1.82) is 0 Å². The second-order valence-corrected chi connectivity index (χ2v) is 5.96. The number of hydrogen-bond donors (Lipinski definition) is 2. The molecule has 0 radical (unpaired) electrons. The Morgan fingerprint density at radius 3 is 2.36 bits per heavy atom. The van der Waals surface area contributed by atoms with Gasteiger partial charge in [0.2, 0.25) is 0 Å². The van der Waals surface area contributed by atoms with E-state index in [-0.39, 0.29) is 12.0 Å². The van der Waals surface area contributed by atoms with E-state index in [1.807, 2.05) is 31.2 Å². The molecule has 2 N–H and O–H groups in total. The molecule has 1 aromatic rings. The molecule has 5 nitrogen and oxygen atoms in total. The van der Waals surface area contributed by atoms with Crippen LogP contribution < -0.4 is 0 Å². The van der Waals surface area contributed by atoms with Crippen molar-refractivity contribution in [3.63, 3.8) is 0 Å². The molecule has 0 aliphatic heterocycles. The number of carboxylic acid groups (broad SMARTS) is 1. The minimum Gasteiger partial charge on any atom is -0.479 e. The first-order valence-electron chi connectivity index (χ1n) is 8.17. The number of allylic oxidation sites excluding steroid dienone is 2. The average molecular weight is 342 g/mol. The van der Waals surface area contributed by atoms with E-state index in [4.69, 9.17) is 9.84 Å². The summed E-state index contributed by atoms with van der Waals surface area (Å²) in [7, 11) is 0. The number of carbonyl (C=O) groups excluding carboxylic acids is 1. The van der Waals surface area contributed by atoms with Crippen molar-refractivity contribution < 1.29 is 24.5 Å². The van der Waals surface area contributed by atoms with Gasteiger partial charge in [0.25, 0.3) is 0 Å². The summed E-state index contributed by atoms with van der Waals surface area (Å²) in [4.78, 5) is 22.5. The van der Waals surface area contributed by atoms with E-state index in [0.29, 0.717) is 6.42 Å². The van der Waals surface area contributed by atoms with Crippen LogP contribution in [0.25, 0.3) is 0 Å². The molecule has 1 atom stereocenters. The van der Waals surface area contributed by atoms with Crippen molar-refractivity contribution in [2.24, 2.45) is 0 Å². The molecular formula is C20H22O5. The number of aliphatic carboxylic acids is 1. The van der Waals surface area contributed by atoms with Crippen LogP contribution in [0.15, 0.2) is 61.2 Å². The molecule has 2 rings (SSSR count). The number of aliphatic hydroxyl groups is 1. The normalized spacial score (nSPS) is 23.0. The van der Waals surface area contributed by atoms with Gasteiger partial charge in [-0.3, -0.25) is 0 Å². The highest BCUT2D eigenvalue weighted by Gasteiger charge is 2.32. The van der Waals surface area contributed by atoms with Gasteiger partial charge in [-0.15, -0.1) is 0 Å². The van der Waals surface area contributed by atoms with Crippen LogP contribution in [0, 0.1) is 0 Å². The molecule has 1 aliphatic rings. The van der Waals surface area contributed by atoms with Gasteiger partial charge in [0.1, 0.15) is 6.10 Å². The molecule has 0 spiro atoms. The molecule has 1 aliphatic carbocycles. The largest absolute Gasteiger partial charge is 0.479 e. The molecule has 0 heterocycles. The number of benzene rings is 1. The van der Waals surface area contributed by atoms with Crippen LogP contribution >= 0.6 is 0 Å². The van der Waals surface area contributed by atoms with E-state index >= 15 is 0 Å². The Morgan fingerprint density at radius 2 is 1.88 bits per heavy atom. The first-order chi connectivity index (χ1) is 11.9. The van der Waals surface area contributed by atoms with E-state index in [0.717, 1.165) is 23.6 Å². The lowest BCUT2D eigenvalue weighted by Gasteiger charge is -2.22. The zero-order chi connectivity index (χ0) is 18.4. The molecule has 132 valence electrons. The van der Waals surface area contributed by atoms with Crippen LogP contribution in [-0.2, 0) is 14.3 Å². The Balaban J connectivity index is 2.14. The van der Waals surface area contributed by atoms with Crippen LogP contribution in [0.1, 0.15) is 42.9 Å². The number of esters is 1. The summed E-state index contributed by atoms with van der Waals surface area (Å²) in [6, 6.07) is 7.60. The lowest BCUT2D eigenvalue weighted by molar-refractivity contribution is -0.149. The van der Waals surface area contributed by atoms with Crippen LogP contribution in [0.3, 0.4) is 0 Å². The van der Waals surface area contributed by atoms with Crippen LogP contribution in [0.4, 0.5) is 0 Å². The van der Waals surface area contributed by atoms with E-state index in [2.05, 4.69) is 6.58 Å². The summed E-state index contributed by atoms with van der Waals surface area (Å²) in [5.74, 6) is -1.87. The molecular weight excluding hydrogens is 320 g/mol. The maximum atomic E-state index is 11.5. The molecule has 1 unspecified atom stereocenters. The summed E-state index contributed by atoms with van der Waals surface area (Å²) in [5.41, 5.74) is -0.0951. The van der Waals surface area contributed by atoms with Gasteiger partial charge in [-0.05, 0) is 29.7 Å². The molecule has 0 bridgehead atoms. The lowest BCUT2D eigenvalue weighted by Crippen LogP contribution is -2.35. The van der Waals surface area contributed by atoms with Gasteiger partial charge >= 0.3 is 11.9 Å². The standard InChI is InChI=1S/C20H22O5/c1-3-5-17(25-18(21)4-2)16-8-6-14(7-9-16)15-10-12-20(24,13-11-15)19(22)23/h4,6-13,15,17,24H,2-3,5H2,1H3,(H,22,23). The molecule has 0 saturated carbocycles. The first-order valence-corrected chi connectivity index (χ1v) is 8.17. The zero-order valence-electron chi connectivity index (χ0n) is 14.1. The molecule has 5 heteroatoms. The van der Waals surface area contributed by atoms with Gasteiger partial charge in [0.05, 0.1) is 0 Å². The van der Waals surface area contributed by atoms with E-state index in [9.17, 15) is 14.7 Å². The Kier molecular flexibility index (Phi) is 5.93. The minimum atomic E-state index is -1.94. The third-order valence-corrected chi connectivity index (χ3v) is 4.13. The van der Waals surface area contributed by atoms with Crippen molar-refractivity contribution in [2.75, 3.05) is 0 Å². The van der Waals surface area contributed by atoms with Crippen LogP contribution in [-0.4, -0.2) is 27.8 Å². The maximum absolute atomic E-state index is 11.5. The average Bonchev–Trinajstić information content (AvgIpc) is 2.62. The summed E-state index contributed by atoms with van der Waals surface area (Å²) < 4.78 is 5.38. The SMILES string of the molecule is C=CC(=O)OC(CCC)c1ccc(C2C=CC(O)(C(=O)O)C=C2)cc1. The zero-order valence-corrected chi connectivity index (χ0v) is 14.1. The Labute approximate surface area is 146 Å². The van der Waals surface area contributed by atoms with Gasteiger partial charge in [0, 0.05) is 12.0 Å². The Bertz CT molecular complexity index is 685. The highest BCUT2D eigenvalue weighted by molar-refractivity contribution is 5.83. The van der Waals surface area contributed by atoms with E-state index in [1.165, 1.54) is 12.2 Å². The highest BCUT2D eigenvalue weighted by atomic mass is 16.5. The van der Waals surface area contributed by atoms with Crippen molar-refractivity contribution in [2.45, 2.75) is 37.4 Å². The minimum absolute atomic E-state index is 0.117. The quantitative estimate of drug-likeness (QED) is 0.451. The van der Waals surface area contributed by atoms with Crippen molar-refractivity contribution in [1.82, 2.24) is 0 Å². The lowest BCUT2D eigenvalue weighted by atomic mass is 9.88. The van der Waals surface area contributed by atoms with Gasteiger partial charge < -0.3 is 14.9 Å². The number of carboxylic acids is 1. The summed E-state index contributed by atoms with van der Waals surface area (Å²) in [6.07, 6.45) is 8.29. The fraction of sp³-hybridized carbons (Fsp3) is 0.300. The predicted molar refractivity (Wildman–Crippen MR) is 94.0 cm³/mol. The fourth-order valence-electron chi connectivity index (χ4n) is 2.66. The summed E-state index contributed by atoms with van der Waals surface area (Å²) >= 11 is 0. The number of rotatable bonds is 7. The number of carbonyl (C=O) groups is 2. The van der Waals surface area contributed by atoms with Gasteiger partial charge in [-0.2, -0.15) is 0 Å².